The van der Waals surface area contributed by atoms with E-state index in [1.807, 2.05) is 0 Å². The Hall–Kier alpha value is -1.65. The molecule has 2 unspecified atom stereocenters. The molecule has 0 saturated heterocycles. The van der Waals surface area contributed by atoms with Gasteiger partial charge in [0.1, 0.15) is 8.07 Å². The lowest BCUT2D eigenvalue weighted by Crippen LogP contribution is -2.61. The molecule has 0 radical (unpaired) electrons. The van der Waals surface area contributed by atoms with E-state index >= 15 is 0 Å². The van der Waals surface area contributed by atoms with E-state index in [1.165, 1.54) is 22.3 Å². The largest absolute Gasteiger partial charge is 0.142 e. The lowest BCUT2D eigenvalue weighted by molar-refractivity contribution is 0.850. The third kappa shape index (κ3) is 3.73. The minimum absolute atomic E-state index is 0.526. The summed E-state index contributed by atoms with van der Waals surface area (Å²) in [5.41, 5.74) is 8.84. The number of hydrogen-bond donors (Lipinski definition) is 0. The van der Waals surface area contributed by atoms with E-state index in [0.29, 0.717) is 5.92 Å². The summed E-state index contributed by atoms with van der Waals surface area (Å²) in [6.45, 7) is 26.4. The van der Waals surface area contributed by atoms with Crippen LogP contribution in [0.1, 0.15) is 44.4 Å². The van der Waals surface area contributed by atoms with E-state index < -0.39 is 16.1 Å². The third-order valence-electron chi connectivity index (χ3n) is 7.62. The highest BCUT2D eigenvalue weighted by atomic mass is 28.3. The van der Waals surface area contributed by atoms with Gasteiger partial charge in [0, 0.05) is 0 Å². The van der Waals surface area contributed by atoms with Gasteiger partial charge >= 0.3 is 0 Å². The summed E-state index contributed by atoms with van der Waals surface area (Å²) < 4.78 is 0. The van der Waals surface area contributed by atoms with Crippen molar-refractivity contribution in [3.8, 4) is 0 Å². The molecule has 0 saturated carbocycles. The first-order valence-corrected chi connectivity index (χ1v) is 17.4. The molecule has 3 rings (SSSR count). The minimum atomic E-state index is -2.13. The third-order valence-corrected chi connectivity index (χ3v) is 14.6. The van der Waals surface area contributed by atoms with Crippen LogP contribution in [0.3, 0.4) is 0 Å². The van der Waals surface area contributed by atoms with Gasteiger partial charge in [0.2, 0.25) is 0 Å². The van der Waals surface area contributed by atoms with Crippen molar-refractivity contribution in [2.24, 2.45) is 5.92 Å². The average molecular weight is 433 g/mol. The van der Waals surface area contributed by atoms with Gasteiger partial charge in [-0.2, -0.15) is 0 Å². The molecule has 2 heteroatoms. The zero-order valence-corrected chi connectivity index (χ0v) is 23.0. The van der Waals surface area contributed by atoms with Crippen LogP contribution >= 0.6 is 0 Å². The van der Waals surface area contributed by atoms with Crippen LogP contribution in [-0.4, -0.2) is 16.1 Å². The van der Waals surface area contributed by atoms with Crippen molar-refractivity contribution in [1.29, 1.82) is 0 Å². The fraction of sp³-hybridized carbons (Fsp3) is 0.429. The molecular weight excluding hydrogens is 392 g/mol. The molecule has 0 nitrogen and oxygen atoms in total. The number of aryl methyl sites for hydroxylation is 3. The van der Waals surface area contributed by atoms with Crippen molar-refractivity contribution < 1.29 is 0 Å². The summed E-state index contributed by atoms with van der Waals surface area (Å²) in [5.74, 6) is 0.526. The molecule has 0 fully saturated rings. The van der Waals surface area contributed by atoms with Gasteiger partial charge in [-0.3, -0.25) is 0 Å². The van der Waals surface area contributed by atoms with Gasteiger partial charge in [0.05, 0.1) is 8.07 Å². The summed E-state index contributed by atoms with van der Waals surface area (Å²) in [5, 5.41) is 6.49. The fourth-order valence-electron chi connectivity index (χ4n) is 5.51. The molecule has 2 aromatic rings. The zero-order valence-electron chi connectivity index (χ0n) is 21.0. The number of allylic oxidation sites excluding steroid dienone is 4. The molecule has 0 aliphatic heterocycles. The van der Waals surface area contributed by atoms with Crippen molar-refractivity contribution in [2.45, 2.75) is 74.7 Å². The van der Waals surface area contributed by atoms with Gasteiger partial charge in [-0.15, -0.1) is 0 Å². The molecule has 0 spiro atoms. The molecule has 0 aromatic heterocycles. The number of rotatable bonds is 4. The Bertz CT molecular complexity index is 1060. The smallest absolute Gasteiger partial charge is 0.0656 e. The van der Waals surface area contributed by atoms with Crippen LogP contribution in [0, 0.1) is 26.7 Å². The predicted octanol–water partition coefficient (Wildman–Crippen LogP) is 6.19. The molecule has 0 heterocycles. The van der Waals surface area contributed by atoms with Crippen molar-refractivity contribution >= 4 is 31.7 Å². The Morgan fingerprint density at radius 1 is 0.667 bits per heavy atom. The summed E-state index contributed by atoms with van der Waals surface area (Å²) in [6.07, 6.45) is 0. The SMILES string of the molecule is CC1=C(C)C(C)C([Si](C)(c2cc(C)cc([Si](C)(C)C)c2)c2ccc(C)cc2C)=C1C. The van der Waals surface area contributed by atoms with Crippen molar-refractivity contribution in [1.82, 2.24) is 0 Å². The van der Waals surface area contributed by atoms with E-state index in [4.69, 9.17) is 0 Å². The monoisotopic (exact) mass is 432 g/mol. The Balaban J connectivity index is 2.40. The highest BCUT2D eigenvalue weighted by molar-refractivity contribution is 7.07. The van der Waals surface area contributed by atoms with Crippen LogP contribution in [0.25, 0.3) is 0 Å². The molecule has 0 bridgehead atoms. The van der Waals surface area contributed by atoms with E-state index in [-0.39, 0.29) is 0 Å². The summed E-state index contributed by atoms with van der Waals surface area (Å²) in [7, 11) is -3.53. The number of benzene rings is 2. The predicted molar refractivity (Wildman–Crippen MR) is 141 cm³/mol. The molecule has 1 aliphatic carbocycles. The highest BCUT2D eigenvalue weighted by Gasteiger charge is 2.43. The van der Waals surface area contributed by atoms with E-state index in [9.17, 15) is 0 Å². The molecular formula is C28H40Si2. The van der Waals surface area contributed by atoms with Crippen molar-refractivity contribution in [3.63, 3.8) is 0 Å². The lowest BCUT2D eigenvalue weighted by Gasteiger charge is -2.37. The second kappa shape index (κ2) is 7.80. The topological polar surface area (TPSA) is 0 Å². The van der Waals surface area contributed by atoms with Gasteiger partial charge in [-0.05, 0) is 63.4 Å². The van der Waals surface area contributed by atoms with E-state index in [1.54, 1.807) is 31.9 Å². The second-order valence-electron chi connectivity index (χ2n) is 10.8. The first-order chi connectivity index (χ1) is 13.8. The van der Waals surface area contributed by atoms with Crippen LogP contribution < -0.4 is 15.6 Å². The van der Waals surface area contributed by atoms with Gasteiger partial charge < -0.3 is 0 Å². The van der Waals surface area contributed by atoms with Gasteiger partial charge in [-0.1, -0.05) is 108 Å². The van der Waals surface area contributed by atoms with Gasteiger partial charge in [-0.25, -0.2) is 0 Å². The first kappa shape index (κ1) is 23.0. The first-order valence-electron chi connectivity index (χ1n) is 11.4. The standard InChI is InChI=1S/C28H40Si2/c1-18-12-13-27(20(3)14-18)30(11,28-23(6)21(4)22(5)24(28)7)26-16-19(2)15-25(17-26)29(8,9)10/h12-17,23H,1-11H3. The van der Waals surface area contributed by atoms with Crippen LogP contribution in [-0.2, 0) is 0 Å². The van der Waals surface area contributed by atoms with Crippen LogP contribution in [0.5, 0.6) is 0 Å². The molecule has 0 N–H and O–H groups in total. The summed E-state index contributed by atoms with van der Waals surface area (Å²) in [4.78, 5) is 0. The van der Waals surface area contributed by atoms with E-state index in [2.05, 4.69) is 111 Å². The Morgan fingerprint density at radius 2 is 1.27 bits per heavy atom. The normalized spacial score (nSPS) is 19.5. The molecule has 160 valence electrons. The Morgan fingerprint density at radius 3 is 1.77 bits per heavy atom. The average Bonchev–Trinajstić information content (AvgIpc) is 2.83. The lowest BCUT2D eigenvalue weighted by atomic mass is 10.1. The second-order valence-corrected chi connectivity index (χ2v) is 19.8. The zero-order chi connectivity index (χ0) is 22.6. The van der Waals surface area contributed by atoms with Crippen LogP contribution in [0.4, 0.5) is 0 Å². The van der Waals surface area contributed by atoms with Gasteiger partial charge in [0.15, 0.2) is 0 Å². The fourth-order valence-corrected chi connectivity index (χ4v) is 12.1. The Kier molecular flexibility index (Phi) is 5.99. The maximum absolute atomic E-state index is 2.62. The molecule has 1 aliphatic rings. The maximum Gasteiger partial charge on any atom is 0.142 e. The summed E-state index contributed by atoms with van der Waals surface area (Å²) >= 11 is 0. The van der Waals surface area contributed by atoms with Crippen LogP contribution in [0.2, 0.25) is 26.2 Å². The highest BCUT2D eigenvalue weighted by Crippen LogP contribution is 2.41. The Labute approximate surface area is 187 Å². The molecule has 30 heavy (non-hydrogen) atoms. The molecule has 2 aromatic carbocycles. The quantitative estimate of drug-likeness (QED) is 0.505. The summed E-state index contributed by atoms with van der Waals surface area (Å²) in [6, 6.07) is 14.7. The number of hydrogen-bond acceptors (Lipinski definition) is 0. The minimum Gasteiger partial charge on any atom is -0.0656 e. The maximum atomic E-state index is 2.62. The van der Waals surface area contributed by atoms with Crippen LogP contribution in [0.15, 0.2) is 58.3 Å². The molecule has 2 atom stereocenters. The van der Waals surface area contributed by atoms with Crippen molar-refractivity contribution in [3.05, 3.63) is 75.0 Å². The molecule has 0 amide bonds. The van der Waals surface area contributed by atoms with Crippen molar-refractivity contribution in [2.75, 3.05) is 0 Å². The van der Waals surface area contributed by atoms with E-state index in [0.717, 1.165) is 0 Å². The van der Waals surface area contributed by atoms with Gasteiger partial charge in [0.25, 0.3) is 0 Å².